The van der Waals surface area contributed by atoms with Crippen molar-refractivity contribution in [2.45, 2.75) is 26.3 Å². The van der Waals surface area contributed by atoms with Gasteiger partial charge in [-0.1, -0.05) is 19.9 Å². The van der Waals surface area contributed by atoms with Crippen molar-refractivity contribution in [2.24, 2.45) is 11.7 Å². The maximum Gasteiger partial charge on any atom is 0.243 e. The Morgan fingerprint density at radius 1 is 1.35 bits per heavy atom. The summed E-state index contributed by atoms with van der Waals surface area (Å²) in [6.45, 7) is 3.73. The first-order chi connectivity index (χ1) is 9.38. The Labute approximate surface area is 117 Å². The first-order valence-electron chi connectivity index (χ1n) is 6.47. The molecular formula is C14H20FN3O2. The molecule has 6 heteroatoms. The lowest BCUT2D eigenvalue weighted by atomic mass is 10.0. The topological polar surface area (TPSA) is 84.2 Å². The lowest BCUT2D eigenvalue weighted by Gasteiger charge is -2.14. The first-order valence-corrected chi connectivity index (χ1v) is 6.47. The molecule has 1 atom stereocenters. The summed E-state index contributed by atoms with van der Waals surface area (Å²) in [6, 6.07) is 4.90. The van der Waals surface area contributed by atoms with Gasteiger partial charge in [-0.2, -0.15) is 0 Å². The number of rotatable bonds is 6. The summed E-state index contributed by atoms with van der Waals surface area (Å²) < 4.78 is 12.9. The zero-order valence-electron chi connectivity index (χ0n) is 11.7. The number of carbonyl (C=O) groups excluding carboxylic acids is 2. The van der Waals surface area contributed by atoms with Gasteiger partial charge in [-0.3, -0.25) is 9.59 Å². The van der Waals surface area contributed by atoms with Crippen molar-refractivity contribution in [3.05, 3.63) is 30.1 Å². The summed E-state index contributed by atoms with van der Waals surface area (Å²) in [4.78, 5) is 23.2. The monoisotopic (exact) mass is 281 g/mol. The molecule has 2 amide bonds. The van der Waals surface area contributed by atoms with Crippen LogP contribution in [0.5, 0.6) is 0 Å². The lowest BCUT2D eigenvalue weighted by Crippen LogP contribution is -2.44. The summed E-state index contributed by atoms with van der Waals surface area (Å²) in [5.74, 6) is -0.934. The second-order valence-electron chi connectivity index (χ2n) is 5.01. The third-order valence-corrected chi connectivity index (χ3v) is 2.59. The molecule has 1 aromatic carbocycles. The van der Waals surface area contributed by atoms with Crippen LogP contribution in [0, 0.1) is 11.7 Å². The van der Waals surface area contributed by atoms with Crippen molar-refractivity contribution in [1.82, 2.24) is 5.32 Å². The maximum atomic E-state index is 12.9. The van der Waals surface area contributed by atoms with Crippen LogP contribution in [0.4, 0.5) is 10.1 Å². The van der Waals surface area contributed by atoms with Gasteiger partial charge in [0.1, 0.15) is 5.82 Å². The van der Waals surface area contributed by atoms with E-state index in [0.29, 0.717) is 18.0 Å². The average Bonchev–Trinajstić information content (AvgIpc) is 2.35. The lowest BCUT2D eigenvalue weighted by molar-refractivity contribution is -0.125. The number of amides is 2. The van der Waals surface area contributed by atoms with Crippen molar-refractivity contribution in [3.63, 3.8) is 0 Å². The highest BCUT2D eigenvalue weighted by Crippen LogP contribution is 2.08. The third-order valence-electron chi connectivity index (χ3n) is 2.59. The van der Waals surface area contributed by atoms with Crippen molar-refractivity contribution >= 4 is 17.5 Å². The number of nitrogens with one attached hydrogen (secondary N) is 2. The maximum absolute atomic E-state index is 12.9. The van der Waals surface area contributed by atoms with E-state index in [2.05, 4.69) is 10.6 Å². The van der Waals surface area contributed by atoms with Gasteiger partial charge in [0.25, 0.3) is 0 Å². The summed E-state index contributed by atoms with van der Waals surface area (Å²) in [5, 5.41) is 4.94. The summed E-state index contributed by atoms with van der Waals surface area (Å²) in [7, 11) is 0. The number of hydrogen-bond acceptors (Lipinski definition) is 3. The number of nitrogens with two attached hydrogens (primary N) is 1. The van der Waals surface area contributed by atoms with Gasteiger partial charge < -0.3 is 16.4 Å². The van der Waals surface area contributed by atoms with E-state index in [1.54, 1.807) is 6.07 Å². The number of benzene rings is 1. The molecule has 110 valence electrons. The van der Waals surface area contributed by atoms with Crippen LogP contribution in [-0.2, 0) is 9.59 Å². The molecule has 0 aromatic heterocycles. The molecule has 0 fully saturated rings. The van der Waals surface area contributed by atoms with Crippen LogP contribution in [0.3, 0.4) is 0 Å². The van der Waals surface area contributed by atoms with Gasteiger partial charge in [0, 0.05) is 5.69 Å². The van der Waals surface area contributed by atoms with E-state index in [9.17, 15) is 14.0 Å². The highest BCUT2D eigenvalue weighted by atomic mass is 19.1. The fourth-order valence-corrected chi connectivity index (χ4v) is 1.68. The number of halogens is 1. The van der Waals surface area contributed by atoms with E-state index in [4.69, 9.17) is 5.73 Å². The van der Waals surface area contributed by atoms with Gasteiger partial charge >= 0.3 is 0 Å². The van der Waals surface area contributed by atoms with Gasteiger partial charge in [0.2, 0.25) is 11.8 Å². The predicted molar refractivity (Wildman–Crippen MR) is 75.5 cm³/mol. The largest absolute Gasteiger partial charge is 0.346 e. The molecule has 0 aliphatic rings. The van der Waals surface area contributed by atoms with Crippen LogP contribution in [0.15, 0.2) is 24.3 Å². The zero-order chi connectivity index (χ0) is 15.1. The van der Waals surface area contributed by atoms with Crippen molar-refractivity contribution in [1.29, 1.82) is 0 Å². The highest BCUT2D eigenvalue weighted by molar-refractivity contribution is 5.95. The van der Waals surface area contributed by atoms with Gasteiger partial charge in [0.05, 0.1) is 12.6 Å². The normalized spacial score (nSPS) is 12.1. The zero-order valence-corrected chi connectivity index (χ0v) is 11.7. The van der Waals surface area contributed by atoms with E-state index in [-0.39, 0.29) is 12.5 Å². The van der Waals surface area contributed by atoms with E-state index in [0.717, 1.165) is 0 Å². The second kappa shape index (κ2) is 7.59. The van der Waals surface area contributed by atoms with E-state index >= 15 is 0 Å². The van der Waals surface area contributed by atoms with Crippen LogP contribution >= 0.6 is 0 Å². The standard InChI is InChI=1S/C14H20FN3O2/c1-9(2)6-12(16)14(20)17-8-13(19)18-11-5-3-4-10(15)7-11/h3-5,7,9,12H,6,8,16H2,1-2H3,(H,17,20)(H,18,19)/t12-/m0/s1. The summed E-state index contributed by atoms with van der Waals surface area (Å²) >= 11 is 0. The van der Waals surface area contributed by atoms with Crippen molar-refractivity contribution in [2.75, 3.05) is 11.9 Å². The van der Waals surface area contributed by atoms with E-state index in [1.165, 1.54) is 18.2 Å². The fraction of sp³-hybridized carbons (Fsp3) is 0.429. The van der Waals surface area contributed by atoms with Crippen LogP contribution in [0.1, 0.15) is 20.3 Å². The number of anilines is 1. The molecule has 0 spiro atoms. The van der Waals surface area contributed by atoms with Gasteiger partial charge in [-0.15, -0.1) is 0 Å². The molecule has 1 rings (SSSR count). The average molecular weight is 281 g/mol. The van der Waals surface area contributed by atoms with Crippen LogP contribution in [-0.4, -0.2) is 24.4 Å². The highest BCUT2D eigenvalue weighted by Gasteiger charge is 2.15. The Morgan fingerprint density at radius 2 is 2.05 bits per heavy atom. The molecule has 0 aliphatic heterocycles. The predicted octanol–water partition coefficient (Wildman–Crippen LogP) is 1.25. The first kappa shape index (κ1) is 16.1. The van der Waals surface area contributed by atoms with Gasteiger partial charge in [-0.05, 0) is 30.5 Å². The van der Waals surface area contributed by atoms with E-state index in [1.807, 2.05) is 13.8 Å². The SMILES string of the molecule is CC(C)C[C@H](N)C(=O)NCC(=O)Nc1cccc(F)c1. The molecule has 0 saturated carbocycles. The Kier molecular flexibility index (Phi) is 6.11. The molecule has 0 saturated heterocycles. The Balaban J connectivity index is 2.38. The van der Waals surface area contributed by atoms with Crippen molar-refractivity contribution < 1.29 is 14.0 Å². The molecule has 0 radical (unpaired) electrons. The van der Waals surface area contributed by atoms with Gasteiger partial charge in [0.15, 0.2) is 0 Å². The quantitative estimate of drug-likeness (QED) is 0.734. The molecular weight excluding hydrogens is 261 g/mol. The van der Waals surface area contributed by atoms with Crippen LogP contribution in [0.25, 0.3) is 0 Å². The molecule has 0 bridgehead atoms. The molecule has 0 unspecified atom stereocenters. The van der Waals surface area contributed by atoms with Gasteiger partial charge in [-0.25, -0.2) is 4.39 Å². The smallest absolute Gasteiger partial charge is 0.243 e. The fourth-order valence-electron chi connectivity index (χ4n) is 1.68. The molecule has 0 aliphatic carbocycles. The number of hydrogen-bond donors (Lipinski definition) is 3. The van der Waals surface area contributed by atoms with Crippen LogP contribution < -0.4 is 16.4 Å². The van der Waals surface area contributed by atoms with E-state index < -0.39 is 17.8 Å². The molecule has 0 heterocycles. The van der Waals surface area contributed by atoms with Crippen molar-refractivity contribution in [3.8, 4) is 0 Å². The molecule has 1 aromatic rings. The Hall–Kier alpha value is -1.95. The summed E-state index contributed by atoms with van der Waals surface area (Å²) in [6.07, 6.45) is 0.553. The molecule has 20 heavy (non-hydrogen) atoms. The minimum Gasteiger partial charge on any atom is -0.346 e. The molecule has 5 nitrogen and oxygen atoms in total. The Bertz CT molecular complexity index is 477. The minimum atomic E-state index is -0.628. The third kappa shape index (κ3) is 5.79. The minimum absolute atomic E-state index is 0.193. The second-order valence-corrected chi connectivity index (χ2v) is 5.01. The summed E-state index contributed by atoms with van der Waals surface area (Å²) in [5.41, 5.74) is 6.03. The number of carbonyl (C=O) groups is 2. The molecule has 4 N–H and O–H groups in total. The Morgan fingerprint density at radius 3 is 2.65 bits per heavy atom. The van der Waals surface area contributed by atoms with Crippen LogP contribution in [0.2, 0.25) is 0 Å².